The van der Waals surface area contributed by atoms with Gasteiger partial charge in [-0.3, -0.25) is 4.98 Å². The van der Waals surface area contributed by atoms with Gasteiger partial charge in [-0.1, -0.05) is 6.92 Å². The molecule has 1 aromatic heterocycles. The number of nitrogens with two attached hydrogens (primary N) is 1. The summed E-state index contributed by atoms with van der Waals surface area (Å²) in [5.74, 6) is 0.716. The van der Waals surface area contributed by atoms with Gasteiger partial charge in [-0.05, 0) is 38.5 Å². The van der Waals surface area contributed by atoms with Crippen LogP contribution in [0.15, 0.2) is 24.4 Å². The average molecular weight is 345 g/mol. The van der Waals surface area contributed by atoms with Gasteiger partial charge in [0.25, 0.3) is 0 Å². The molecule has 0 atom stereocenters. The van der Waals surface area contributed by atoms with E-state index in [0.29, 0.717) is 28.4 Å². The van der Waals surface area contributed by atoms with Crippen molar-refractivity contribution in [3.8, 4) is 28.5 Å². The molecule has 0 aliphatic carbocycles. The SMILES string of the molecule is CCC(C)(C)N(C)c1c(N)ccnc1-c1cc(O)c(OC)c(OC)c1. The van der Waals surface area contributed by atoms with Gasteiger partial charge in [0.2, 0.25) is 5.75 Å². The highest BCUT2D eigenvalue weighted by molar-refractivity contribution is 5.86. The van der Waals surface area contributed by atoms with Gasteiger partial charge in [0.05, 0.1) is 31.3 Å². The first-order valence-corrected chi connectivity index (χ1v) is 8.20. The second kappa shape index (κ2) is 7.09. The van der Waals surface area contributed by atoms with Crippen LogP contribution in [0.5, 0.6) is 17.2 Å². The van der Waals surface area contributed by atoms with E-state index in [1.165, 1.54) is 14.2 Å². The number of anilines is 2. The predicted octanol–water partition coefficient (Wildman–Crippen LogP) is 3.68. The third kappa shape index (κ3) is 3.43. The van der Waals surface area contributed by atoms with Crippen molar-refractivity contribution < 1.29 is 14.6 Å². The Balaban J connectivity index is 2.69. The lowest BCUT2D eigenvalue weighted by Gasteiger charge is -2.38. The maximum Gasteiger partial charge on any atom is 0.203 e. The number of hydrogen-bond acceptors (Lipinski definition) is 6. The quantitative estimate of drug-likeness (QED) is 0.831. The molecule has 2 aromatic rings. The molecule has 0 aliphatic rings. The van der Waals surface area contributed by atoms with Crippen LogP contribution >= 0.6 is 0 Å². The molecular weight excluding hydrogens is 318 g/mol. The van der Waals surface area contributed by atoms with Crippen LogP contribution in [0.3, 0.4) is 0 Å². The topological polar surface area (TPSA) is 80.8 Å². The Labute approximate surface area is 149 Å². The molecule has 3 N–H and O–H groups in total. The van der Waals surface area contributed by atoms with Gasteiger partial charge < -0.3 is 25.2 Å². The largest absolute Gasteiger partial charge is 0.504 e. The molecule has 25 heavy (non-hydrogen) atoms. The molecule has 0 aliphatic heterocycles. The first kappa shape index (κ1) is 18.7. The smallest absolute Gasteiger partial charge is 0.203 e. The fourth-order valence-corrected chi connectivity index (χ4v) is 2.65. The van der Waals surface area contributed by atoms with Crippen LogP contribution < -0.4 is 20.1 Å². The zero-order chi connectivity index (χ0) is 18.8. The molecule has 0 fully saturated rings. The molecule has 0 amide bonds. The van der Waals surface area contributed by atoms with Gasteiger partial charge in [0, 0.05) is 24.3 Å². The molecule has 0 spiro atoms. The van der Waals surface area contributed by atoms with Crippen LogP contribution in [0.2, 0.25) is 0 Å². The summed E-state index contributed by atoms with van der Waals surface area (Å²) in [6, 6.07) is 5.18. The Morgan fingerprint density at radius 2 is 1.92 bits per heavy atom. The van der Waals surface area contributed by atoms with Crippen molar-refractivity contribution in [3.63, 3.8) is 0 Å². The van der Waals surface area contributed by atoms with Gasteiger partial charge in [-0.2, -0.15) is 0 Å². The number of nitrogen functional groups attached to an aromatic ring is 1. The molecular formula is C19H27N3O3. The zero-order valence-electron chi connectivity index (χ0n) is 15.8. The number of methoxy groups -OCH3 is 2. The van der Waals surface area contributed by atoms with Crippen molar-refractivity contribution >= 4 is 11.4 Å². The van der Waals surface area contributed by atoms with E-state index < -0.39 is 0 Å². The van der Waals surface area contributed by atoms with E-state index in [4.69, 9.17) is 15.2 Å². The fraction of sp³-hybridized carbons (Fsp3) is 0.421. The number of aromatic nitrogens is 1. The number of phenolic OH excluding ortho intramolecular Hbond substituents is 1. The van der Waals surface area contributed by atoms with Crippen molar-refractivity contribution in [1.82, 2.24) is 4.98 Å². The van der Waals surface area contributed by atoms with Crippen molar-refractivity contribution in [1.29, 1.82) is 0 Å². The van der Waals surface area contributed by atoms with Gasteiger partial charge in [-0.15, -0.1) is 0 Å². The number of rotatable bonds is 6. The molecule has 0 radical (unpaired) electrons. The monoisotopic (exact) mass is 345 g/mol. The summed E-state index contributed by atoms with van der Waals surface area (Å²) in [5.41, 5.74) is 9.00. The molecule has 136 valence electrons. The highest BCUT2D eigenvalue weighted by Crippen LogP contribution is 2.44. The molecule has 0 saturated heterocycles. The minimum absolute atomic E-state index is 0.00979. The predicted molar refractivity (Wildman–Crippen MR) is 102 cm³/mol. The highest BCUT2D eigenvalue weighted by atomic mass is 16.5. The standard InChI is InChI=1S/C19H27N3O3/c1-7-19(2,3)22(4)17-13(20)8-9-21-16(17)12-10-14(23)18(25-6)15(11-12)24-5/h8-11,23H,7H2,1-6H3,(H2,20,21). The summed E-state index contributed by atoms with van der Waals surface area (Å²) >= 11 is 0. The summed E-state index contributed by atoms with van der Waals surface area (Å²) in [4.78, 5) is 6.64. The molecule has 1 aromatic carbocycles. The lowest BCUT2D eigenvalue weighted by atomic mass is 9.97. The highest BCUT2D eigenvalue weighted by Gasteiger charge is 2.27. The first-order chi connectivity index (χ1) is 11.8. The minimum atomic E-state index is -0.107. The molecule has 6 heteroatoms. The first-order valence-electron chi connectivity index (χ1n) is 8.20. The summed E-state index contributed by atoms with van der Waals surface area (Å²) in [5, 5.41) is 10.3. The van der Waals surface area contributed by atoms with E-state index in [2.05, 4.69) is 30.7 Å². The molecule has 1 heterocycles. The van der Waals surface area contributed by atoms with Gasteiger partial charge in [0.15, 0.2) is 11.5 Å². The average Bonchev–Trinajstić information content (AvgIpc) is 2.60. The van der Waals surface area contributed by atoms with Gasteiger partial charge >= 0.3 is 0 Å². The third-order valence-corrected chi connectivity index (χ3v) is 4.80. The number of nitrogens with zero attached hydrogens (tertiary/aromatic N) is 2. The molecule has 0 bridgehead atoms. The lowest BCUT2D eigenvalue weighted by Crippen LogP contribution is -2.41. The van der Waals surface area contributed by atoms with E-state index in [1.54, 1.807) is 24.4 Å². The van der Waals surface area contributed by atoms with Crippen molar-refractivity contribution in [2.45, 2.75) is 32.7 Å². The maximum absolute atomic E-state index is 10.3. The molecule has 2 rings (SSSR count). The summed E-state index contributed by atoms with van der Waals surface area (Å²) in [6.07, 6.45) is 2.60. The Morgan fingerprint density at radius 3 is 2.48 bits per heavy atom. The lowest BCUT2D eigenvalue weighted by molar-refractivity contribution is 0.333. The fourth-order valence-electron chi connectivity index (χ4n) is 2.65. The van der Waals surface area contributed by atoms with Crippen LogP contribution in [0.4, 0.5) is 11.4 Å². The van der Waals surface area contributed by atoms with Gasteiger partial charge in [0.1, 0.15) is 0 Å². The molecule has 6 nitrogen and oxygen atoms in total. The van der Waals surface area contributed by atoms with Crippen molar-refractivity contribution in [2.24, 2.45) is 0 Å². The Bertz CT molecular complexity index is 760. The van der Waals surface area contributed by atoms with Crippen LogP contribution in [-0.2, 0) is 0 Å². The molecule has 0 saturated carbocycles. The van der Waals surface area contributed by atoms with Crippen molar-refractivity contribution in [2.75, 3.05) is 31.9 Å². The van der Waals surface area contributed by atoms with Crippen LogP contribution in [-0.4, -0.2) is 36.9 Å². The number of aromatic hydroxyl groups is 1. The Hall–Kier alpha value is -2.63. The molecule has 0 unspecified atom stereocenters. The number of benzene rings is 1. The van der Waals surface area contributed by atoms with Gasteiger partial charge in [-0.25, -0.2) is 0 Å². The zero-order valence-corrected chi connectivity index (χ0v) is 15.8. The second-order valence-electron chi connectivity index (χ2n) is 6.55. The summed E-state index contributed by atoms with van der Waals surface area (Å²) in [7, 11) is 5.01. The maximum atomic E-state index is 10.3. The van der Waals surface area contributed by atoms with E-state index >= 15 is 0 Å². The van der Waals surface area contributed by atoms with Crippen molar-refractivity contribution in [3.05, 3.63) is 24.4 Å². The van der Waals surface area contributed by atoms with E-state index in [0.717, 1.165) is 12.1 Å². The summed E-state index contributed by atoms with van der Waals surface area (Å²) < 4.78 is 10.5. The number of pyridine rings is 1. The van der Waals surface area contributed by atoms with E-state index in [9.17, 15) is 5.11 Å². The van der Waals surface area contributed by atoms with E-state index in [-0.39, 0.29) is 11.3 Å². The normalized spacial score (nSPS) is 11.3. The van der Waals surface area contributed by atoms with Crippen LogP contribution in [0.1, 0.15) is 27.2 Å². The number of ether oxygens (including phenoxy) is 2. The number of phenols is 1. The van der Waals surface area contributed by atoms with Crippen LogP contribution in [0, 0.1) is 0 Å². The third-order valence-electron chi connectivity index (χ3n) is 4.80. The van der Waals surface area contributed by atoms with Crippen LogP contribution in [0.25, 0.3) is 11.3 Å². The Kier molecular flexibility index (Phi) is 5.30. The van der Waals surface area contributed by atoms with E-state index in [1.807, 2.05) is 7.05 Å². The second-order valence-corrected chi connectivity index (χ2v) is 6.55. The Morgan fingerprint density at radius 1 is 1.24 bits per heavy atom. The number of hydrogen-bond donors (Lipinski definition) is 2. The summed E-state index contributed by atoms with van der Waals surface area (Å²) in [6.45, 7) is 6.43. The minimum Gasteiger partial charge on any atom is -0.504 e.